The smallest absolute Gasteiger partial charge is 0.434 e. The topological polar surface area (TPSA) is 89.4 Å². The highest BCUT2D eigenvalue weighted by Gasteiger charge is 2.45. The molecule has 2 aromatic carbocycles. The normalized spacial score (nSPS) is 15.7. The summed E-state index contributed by atoms with van der Waals surface area (Å²) in [5.74, 6) is -1.22. The summed E-state index contributed by atoms with van der Waals surface area (Å²) < 4.78 is 50.6. The summed E-state index contributed by atoms with van der Waals surface area (Å²) in [5, 5.41) is 10.3. The molecule has 5 rings (SSSR count). The number of nitrogens with zero attached hydrogens (tertiary/aromatic N) is 4. The van der Waals surface area contributed by atoms with Crippen molar-refractivity contribution in [3.8, 4) is 6.07 Å². The highest BCUT2D eigenvalue weighted by atomic mass is 35.5. The van der Waals surface area contributed by atoms with Crippen LogP contribution in [0, 0.1) is 11.3 Å². The van der Waals surface area contributed by atoms with Crippen LogP contribution >= 0.6 is 22.9 Å². The first-order chi connectivity index (χ1) is 18.6. The van der Waals surface area contributed by atoms with Gasteiger partial charge in [-0.05, 0) is 36.8 Å². The van der Waals surface area contributed by atoms with E-state index in [0.717, 1.165) is 26.8 Å². The highest BCUT2D eigenvalue weighted by Crippen LogP contribution is 2.38. The number of halogens is 4. The van der Waals surface area contributed by atoms with Crippen molar-refractivity contribution in [1.82, 2.24) is 9.13 Å². The quantitative estimate of drug-likeness (QED) is 0.331. The number of esters is 1. The second kappa shape index (κ2) is 10.2. The molecule has 3 heterocycles. The number of rotatable bonds is 5. The summed E-state index contributed by atoms with van der Waals surface area (Å²) >= 11 is 6.78. The lowest BCUT2D eigenvalue weighted by Crippen LogP contribution is -2.41. The Kier molecular flexibility index (Phi) is 6.92. The van der Waals surface area contributed by atoms with Gasteiger partial charge in [0.05, 0.1) is 28.8 Å². The molecule has 2 aromatic heterocycles. The molecule has 0 radical (unpaired) electrons. The van der Waals surface area contributed by atoms with Gasteiger partial charge >= 0.3 is 12.1 Å². The van der Waals surface area contributed by atoms with E-state index in [2.05, 4.69) is 11.1 Å². The van der Waals surface area contributed by atoms with Crippen LogP contribution in [0.15, 0.2) is 75.8 Å². The molecule has 0 unspecified atom stereocenters. The zero-order chi connectivity index (χ0) is 27.9. The number of aromatic nitrogens is 2. The number of thiazole rings is 1. The van der Waals surface area contributed by atoms with Crippen molar-refractivity contribution in [2.75, 3.05) is 6.61 Å². The van der Waals surface area contributed by atoms with Gasteiger partial charge in [-0.3, -0.25) is 9.36 Å². The fourth-order valence-corrected chi connectivity index (χ4v) is 5.66. The van der Waals surface area contributed by atoms with Gasteiger partial charge in [-0.15, -0.1) is 0 Å². The van der Waals surface area contributed by atoms with Gasteiger partial charge < -0.3 is 9.30 Å². The first-order valence-electron chi connectivity index (χ1n) is 11.6. The van der Waals surface area contributed by atoms with Gasteiger partial charge in [0, 0.05) is 27.7 Å². The van der Waals surface area contributed by atoms with Crippen molar-refractivity contribution >= 4 is 45.9 Å². The van der Waals surface area contributed by atoms with E-state index in [9.17, 15) is 28.0 Å². The third kappa shape index (κ3) is 4.77. The van der Waals surface area contributed by atoms with Crippen LogP contribution in [0.25, 0.3) is 17.0 Å². The number of ether oxygens (including phenoxy) is 1. The Bertz CT molecular complexity index is 1860. The fourth-order valence-electron chi connectivity index (χ4n) is 4.54. The molecule has 0 saturated heterocycles. The second-order valence-electron chi connectivity index (χ2n) is 8.50. The van der Waals surface area contributed by atoms with Gasteiger partial charge in [-0.2, -0.15) is 18.4 Å². The molecule has 1 aliphatic heterocycles. The van der Waals surface area contributed by atoms with Crippen LogP contribution in [0.4, 0.5) is 13.2 Å². The van der Waals surface area contributed by atoms with E-state index in [1.807, 2.05) is 18.2 Å². The van der Waals surface area contributed by atoms with Crippen LogP contribution in [0.2, 0.25) is 5.02 Å². The minimum Gasteiger partial charge on any atom is -0.463 e. The van der Waals surface area contributed by atoms with Crippen molar-refractivity contribution in [3.63, 3.8) is 0 Å². The van der Waals surface area contributed by atoms with Crippen LogP contribution in [-0.4, -0.2) is 27.9 Å². The van der Waals surface area contributed by atoms with Gasteiger partial charge in [-0.25, -0.2) is 9.79 Å². The second-order valence-corrected chi connectivity index (χ2v) is 9.95. The minimum absolute atomic E-state index is 0.0734. The van der Waals surface area contributed by atoms with E-state index < -0.39 is 35.0 Å². The molecule has 1 aliphatic rings. The predicted molar refractivity (Wildman–Crippen MR) is 140 cm³/mol. The van der Waals surface area contributed by atoms with Crippen molar-refractivity contribution in [3.05, 3.63) is 102 Å². The molecule has 0 aliphatic carbocycles. The minimum atomic E-state index is -4.99. The number of fused-ring (bicyclic) bond motifs is 2. The molecule has 7 nitrogen and oxygen atoms in total. The average molecular weight is 571 g/mol. The van der Waals surface area contributed by atoms with E-state index in [4.69, 9.17) is 16.3 Å². The number of carbonyl (C=O) groups is 1. The first kappa shape index (κ1) is 26.5. The fraction of sp³-hybridized carbons (Fsp3) is 0.185. The monoisotopic (exact) mass is 570 g/mol. The van der Waals surface area contributed by atoms with Gasteiger partial charge in [0.2, 0.25) is 0 Å². The number of benzene rings is 2. The number of carbonyl (C=O) groups excluding carboxylic acids is 1. The lowest BCUT2D eigenvalue weighted by Gasteiger charge is -2.26. The van der Waals surface area contributed by atoms with Crippen molar-refractivity contribution in [2.45, 2.75) is 25.7 Å². The van der Waals surface area contributed by atoms with E-state index in [1.165, 1.54) is 31.2 Å². The van der Waals surface area contributed by atoms with Crippen molar-refractivity contribution in [1.29, 1.82) is 5.26 Å². The number of hydrogen-bond acceptors (Lipinski definition) is 6. The van der Waals surface area contributed by atoms with E-state index in [1.54, 1.807) is 22.9 Å². The molecule has 12 heteroatoms. The molecule has 0 saturated carbocycles. The standard InChI is InChI=1S/C27H18ClF3N4O3S/c1-2-38-25(37)21-22(15-7-9-17(28)10-8-15)35-24(36)20(39-26(35)33-23(21)27(29,30)31)13-16-14-34(12-11-32)19-6-4-3-5-18(16)19/h3-10,13-14,22H,2,12H2,1H3/b20-13-/t22-/m1/s1. The molecule has 0 bridgehead atoms. The third-order valence-electron chi connectivity index (χ3n) is 6.13. The Morgan fingerprint density at radius 3 is 2.62 bits per heavy atom. The van der Waals surface area contributed by atoms with E-state index >= 15 is 0 Å². The van der Waals surface area contributed by atoms with E-state index in [-0.39, 0.29) is 28.0 Å². The molecule has 198 valence electrons. The maximum absolute atomic E-state index is 14.2. The summed E-state index contributed by atoms with van der Waals surface area (Å²) in [4.78, 5) is 30.2. The maximum atomic E-state index is 14.2. The number of para-hydroxylation sites is 1. The number of nitriles is 1. The Morgan fingerprint density at radius 1 is 1.23 bits per heavy atom. The molecule has 0 amide bonds. The first-order valence-corrected chi connectivity index (χ1v) is 12.8. The van der Waals surface area contributed by atoms with Gasteiger partial charge in [0.15, 0.2) is 10.5 Å². The summed E-state index contributed by atoms with van der Waals surface area (Å²) in [6.45, 7) is 1.38. The summed E-state index contributed by atoms with van der Waals surface area (Å²) in [6.07, 6.45) is -1.74. The van der Waals surface area contributed by atoms with Crippen LogP contribution in [0.5, 0.6) is 0 Å². The predicted octanol–water partition coefficient (Wildman–Crippen LogP) is 4.47. The van der Waals surface area contributed by atoms with Crippen molar-refractivity contribution in [2.24, 2.45) is 4.99 Å². The van der Waals surface area contributed by atoms with E-state index in [0.29, 0.717) is 10.6 Å². The maximum Gasteiger partial charge on any atom is 0.434 e. The molecule has 39 heavy (non-hydrogen) atoms. The molecule has 4 aromatic rings. The molecule has 0 spiro atoms. The van der Waals surface area contributed by atoms with Crippen LogP contribution in [0.1, 0.15) is 24.1 Å². The summed E-state index contributed by atoms with van der Waals surface area (Å²) in [6, 6.07) is 13.7. The summed E-state index contributed by atoms with van der Waals surface area (Å²) in [5.41, 5.74) is -1.22. The Balaban J connectivity index is 1.81. The third-order valence-corrected chi connectivity index (χ3v) is 7.36. The van der Waals surface area contributed by atoms with Crippen molar-refractivity contribution < 1.29 is 22.7 Å². The number of hydrogen-bond donors (Lipinski definition) is 0. The molecular weight excluding hydrogens is 553 g/mol. The molecule has 0 N–H and O–H groups in total. The molecule has 1 atom stereocenters. The lowest BCUT2D eigenvalue weighted by molar-refractivity contribution is -0.140. The Hall–Kier alpha value is -4.14. The van der Waals surface area contributed by atoms with Crippen LogP contribution < -0.4 is 14.9 Å². The number of alkyl halides is 3. The van der Waals surface area contributed by atoms with Gasteiger partial charge in [0.1, 0.15) is 6.54 Å². The lowest BCUT2D eigenvalue weighted by atomic mass is 9.95. The summed E-state index contributed by atoms with van der Waals surface area (Å²) in [7, 11) is 0. The number of allylic oxidation sites excluding steroid dienone is 1. The largest absolute Gasteiger partial charge is 0.463 e. The Labute approximate surface area is 228 Å². The zero-order valence-corrected chi connectivity index (χ0v) is 21.8. The SMILES string of the molecule is CCOC(=O)C1=C(C(F)(F)F)N=c2s/c(=C\c3cn(CC#N)c4ccccc34)c(=O)n2[C@@H]1c1ccc(Cl)cc1. The van der Waals surface area contributed by atoms with Gasteiger partial charge in [0.25, 0.3) is 5.56 Å². The Morgan fingerprint density at radius 2 is 1.95 bits per heavy atom. The van der Waals surface area contributed by atoms with Crippen LogP contribution in [0.3, 0.4) is 0 Å². The van der Waals surface area contributed by atoms with Gasteiger partial charge in [-0.1, -0.05) is 53.3 Å². The van der Waals surface area contributed by atoms with Crippen LogP contribution in [-0.2, 0) is 16.1 Å². The molecule has 0 fully saturated rings. The zero-order valence-electron chi connectivity index (χ0n) is 20.2. The molecular formula is C27H18ClF3N4O3S. The highest BCUT2D eigenvalue weighted by molar-refractivity contribution is 7.07. The average Bonchev–Trinajstić information content (AvgIpc) is 3.40.